The Labute approximate surface area is 109 Å². The maximum Gasteiger partial charge on any atom is 0.228 e. The maximum atomic E-state index is 12.6. The van der Waals surface area contributed by atoms with Crippen molar-refractivity contribution in [1.29, 1.82) is 0 Å². The molecule has 3 rings (SSSR count). The van der Waals surface area contributed by atoms with E-state index in [1.807, 2.05) is 0 Å². The first-order valence-electron chi connectivity index (χ1n) is 7.48. The Balaban J connectivity index is 1.63. The van der Waals surface area contributed by atoms with Gasteiger partial charge in [0.15, 0.2) is 0 Å². The fraction of sp³-hybridized carbons (Fsp3) is 0.929. The average molecular weight is 252 g/mol. The van der Waals surface area contributed by atoms with Crippen molar-refractivity contribution in [2.75, 3.05) is 26.3 Å². The van der Waals surface area contributed by atoms with Crippen LogP contribution in [-0.2, 0) is 9.53 Å². The molecule has 0 radical (unpaired) electrons. The van der Waals surface area contributed by atoms with Crippen LogP contribution in [0, 0.1) is 5.92 Å². The highest BCUT2D eigenvalue weighted by Gasteiger charge is 2.38. The fourth-order valence-corrected chi connectivity index (χ4v) is 3.69. The Morgan fingerprint density at radius 1 is 1.17 bits per heavy atom. The van der Waals surface area contributed by atoms with Gasteiger partial charge < -0.3 is 15.0 Å². The Kier molecular flexibility index (Phi) is 3.85. The van der Waals surface area contributed by atoms with Crippen molar-refractivity contribution in [2.24, 2.45) is 5.92 Å². The third kappa shape index (κ3) is 2.41. The molecule has 18 heavy (non-hydrogen) atoms. The normalized spacial score (nSPS) is 37.1. The fourth-order valence-electron chi connectivity index (χ4n) is 3.69. The van der Waals surface area contributed by atoms with E-state index in [1.165, 1.54) is 25.7 Å². The van der Waals surface area contributed by atoms with E-state index in [9.17, 15) is 4.79 Å². The second kappa shape index (κ2) is 5.57. The van der Waals surface area contributed by atoms with Crippen molar-refractivity contribution in [1.82, 2.24) is 10.2 Å². The molecule has 0 aliphatic carbocycles. The summed E-state index contributed by atoms with van der Waals surface area (Å²) in [6.07, 6.45) is 6.89. The van der Waals surface area contributed by atoms with Gasteiger partial charge in [0.05, 0.1) is 12.5 Å². The van der Waals surface area contributed by atoms with E-state index in [4.69, 9.17) is 4.74 Å². The Hall–Kier alpha value is -0.610. The molecule has 4 heteroatoms. The first kappa shape index (κ1) is 12.4. The second-order valence-corrected chi connectivity index (χ2v) is 5.86. The van der Waals surface area contributed by atoms with Gasteiger partial charge in [-0.3, -0.25) is 4.79 Å². The van der Waals surface area contributed by atoms with E-state index < -0.39 is 0 Å². The Morgan fingerprint density at radius 2 is 2.11 bits per heavy atom. The molecule has 0 aromatic rings. The van der Waals surface area contributed by atoms with E-state index in [1.54, 1.807) is 0 Å². The van der Waals surface area contributed by atoms with Crippen LogP contribution in [-0.4, -0.2) is 49.2 Å². The minimum Gasteiger partial charge on any atom is -0.381 e. The van der Waals surface area contributed by atoms with Crippen molar-refractivity contribution < 1.29 is 9.53 Å². The summed E-state index contributed by atoms with van der Waals surface area (Å²) in [5.74, 6) is 0.478. The summed E-state index contributed by atoms with van der Waals surface area (Å²) in [6, 6.07) is 0.989. The standard InChI is InChI=1S/C14H24N2O2/c17-14(11-4-3-9-18-10-11)16-8-2-6-13(16)12-5-1-7-15-12/h11-13,15H,1-10H2. The summed E-state index contributed by atoms with van der Waals surface area (Å²) < 4.78 is 5.46. The van der Waals surface area contributed by atoms with E-state index >= 15 is 0 Å². The van der Waals surface area contributed by atoms with Crippen LogP contribution in [0.25, 0.3) is 0 Å². The van der Waals surface area contributed by atoms with Crippen molar-refractivity contribution in [2.45, 2.75) is 50.6 Å². The number of amides is 1. The molecule has 3 heterocycles. The second-order valence-electron chi connectivity index (χ2n) is 5.86. The van der Waals surface area contributed by atoms with Gasteiger partial charge in [0.1, 0.15) is 0 Å². The summed E-state index contributed by atoms with van der Waals surface area (Å²) in [5.41, 5.74) is 0. The molecule has 0 aromatic heterocycles. The van der Waals surface area contributed by atoms with Gasteiger partial charge in [0, 0.05) is 25.2 Å². The van der Waals surface area contributed by atoms with E-state index in [0.717, 1.165) is 32.5 Å². The number of rotatable bonds is 2. The van der Waals surface area contributed by atoms with Crippen molar-refractivity contribution >= 4 is 5.91 Å². The molecule has 0 saturated carbocycles. The third-order valence-electron chi connectivity index (χ3n) is 4.65. The molecule has 3 saturated heterocycles. The smallest absolute Gasteiger partial charge is 0.228 e. The average Bonchev–Trinajstić information content (AvgIpc) is 3.09. The lowest BCUT2D eigenvalue weighted by molar-refractivity contribution is -0.141. The molecule has 102 valence electrons. The molecule has 0 spiro atoms. The van der Waals surface area contributed by atoms with E-state index in [-0.39, 0.29) is 5.92 Å². The summed E-state index contributed by atoms with van der Waals surface area (Å²) in [7, 11) is 0. The van der Waals surface area contributed by atoms with Gasteiger partial charge in [-0.1, -0.05) is 0 Å². The number of carbonyl (C=O) groups excluding carboxylic acids is 1. The van der Waals surface area contributed by atoms with Crippen LogP contribution in [0.3, 0.4) is 0 Å². The Bertz CT molecular complexity index is 296. The predicted octanol–water partition coefficient (Wildman–Crippen LogP) is 1.16. The number of likely N-dealkylation sites (tertiary alicyclic amines) is 1. The van der Waals surface area contributed by atoms with E-state index in [2.05, 4.69) is 10.2 Å². The zero-order chi connectivity index (χ0) is 12.4. The van der Waals surface area contributed by atoms with Gasteiger partial charge in [0.25, 0.3) is 0 Å². The molecule has 4 nitrogen and oxygen atoms in total. The lowest BCUT2D eigenvalue weighted by Crippen LogP contribution is -2.49. The van der Waals surface area contributed by atoms with Crippen molar-refractivity contribution in [3.05, 3.63) is 0 Å². The molecule has 3 fully saturated rings. The molecule has 3 aliphatic heterocycles. The maximum absolute atomic E-state index is 12.6. The molecule has 0 aromatic carbocycles. The van der Waals surface area contributed by atoms with Crippen LogP contribution in [0.5, 0.6) is 0 Å². The SMILES string of the molecule is O=C(C1CCCOC1)N1CCCC1C1CCCN1. The zero-order valence-corrected chi connectivity index (χ0v) is 11.1. The summed E-state index contributed by atoms with van der Waals surface area (Å²) in [5, 5.41) is 3.56. The topological polar surface area (TPSA) is 41.6 Å². The van der Waals surface area contributed by atoms with Crippen molar-refractivity contribution in [3.63, 3.8) is 0 Å². The monoisotopic (exact) mass is 252 g/mol. The number of nitrogens with zero attached hydrogens (tertiary/aromatic N) is 1. The summed E-state index contributed by atoms with van der Waals surface area (Å²) >= 11 is 0. The molecule has 1 N–H and O–H groups in total. The van der Waals surface area contributed by atoms with E-state index in [0.29, 0.717) is 24.6 Å². The first-order chi connectivity index (χ1) is 8.86. The quantitative estimate of drug-likeness (QED) is 0.802. The van der Waals surface area contributed by atoms with Crippen LogP contribution in [0.1, 0.15) is 38.5 Å². The molecular weight excluding hydrogens is 228 g/mol. The molecule has 0 bridgehead atoms. The number of hydrogen-bond donors (Lipinski definition) is 1. The van der Waals surface area contributed by atoms with Crippen LogP contribution >= 0.6 is 0 Å². The highest BCUT2D eigenvalue weighted by atomic mass is 16.5. The molecule has 3 atom stereocenters. The minimum atomic E-state index is 0.126. The molecule has 1 amide bonds. The van der Waals surface area contributed by atoms with Gasteiger partial charge in [-0.05, 0) is 45.1 Å². The van der Waals surface area contributed by atoms with Gasteiger partial charge in [-0.2, -0.15) is 0 Å². The molecule has 3 unspecified atom stereocenters. The van der Waals surface area contributed by atoms with Crippen LogP contribution in [0.2, 0.25) is 0 Å². The highest BCUT2D eigenvalue weighted by molar-refractivity contribution is 5.79. The number of hydrogen-bond acceptors (Lipinski definition) is 3. The lowest BCUT2D eigenvalue weighted by atomic mass is 9.98. The van der Waals surface area contributed by atoms with Gasteiger partial charge in [-0.15, -0.1) is 0 Å². The summed E-state index contributed by atoms with van der Waals surface area (Å²) in [6.45, 7) is 3.55. The largest absolute Gasteiger partial charge is 0.381 e. The number of carbonyl (C=O) groups is 1. The third-order valence-corrected chi connectivity index (χ3v) is 4.65. The van der Waals surface area contributed by atoms with Gasteiger partial charge >= 0.3 is 0 Å². The van der Waals surface area contributed by atoms with Crippen LogP contribution in [0.4, 0.5) is 0 Å². The minimum absolute atomic E-state index is 0.126. The van der Waals surface area contributed by atoms with Crippen LogP contribution in [0.15, 0.2) is 0 Å². The zero-order valence-electron chi connectivity index (χ0n) is 11.1. The number of ether oxygens (including phenoxy) is 1. The van der Waals surface area contributed by atoms with Crippen molar-refractivity contribution in [3.8, 4) is 0 Å². The Morgan fingerprint density at radius 3 is 2.83 bits per heavy atom. The summed E-state index contributed by atoms with van der Waals surface area (Å²) in [4.78, 5) is 14.7. The number of nitrogens with one attached hydrogen (secondary N) is 1. The predicted molar refractivity (Wildman–Crippen MR) is 69.3 cm³/mol. The van der Waals surface area contributed by atoms with Gasteiger partial charge in [-0.25, -0.2) is 0 Å². The van der Waals surface area contributed by atoms with Crippen LogP contribution < -0.4 is 5.32 Å². The molecular formula is C14H24N2O2. The lowest BCUT2D eigenvalue weighted by Gasteiger charge is -2.33. The molecule has 3 aliphatic rings. The van der Waals surface area contributed by atoms with Gasteiger partial charge in [0.2, 0.25) is 5.91 Å². The first-order valence-corrected chi connectivity index (χ1v) is 7.48. The highest BCUT2D eigenvalue weighted by Crippen LogP contribution is 2.28.